The molecule has 0 saturated carbocycles. The summed E-state index contributed by atoms with van der Waals surface area (Å²) in [5.74, 6) is -0.743. The first kappa shape index (κ1) is 27.8. The zero-order valence-electron chi connectivity index (χ0n) is 23.7. The fourth-order valence-corrected chi connectivity index (χ4v) is 8.23. The zero-order valence-corrected chi connectivity index (χ0v) is 25.3. The SMILES string of the molecule is C[C@@H]1Cn2cncc2CN1c1nc(OC[C@@]23CCCN2C[C@H](F)C3)nc2c(F)c(-c3ccc(F)c4sc(N)nc34)c(Cl)cc12. The lowest BCUT2D eigenvalue weighted by molar-refractivity contribution is 0.107. The molecule has 0 aliphatic carbocycles. The molecule has 3 aliphatic rings. The lowest BCUT2D eigenvalue weighted by Gasteiger charge is -2.36. The van der Waals surface area contributed by atoms with Crippen molar-refractivity contribution >= 4 is 55.0 Å². The number of nitrogen functional groups attached to an aromatic ring is 1. The van der Waals surface area contributed by atoms with Crippen molar-refractivity contribution < 1.29 is 17.9 Å². The molecule has 2 fully saturated rings. The topological polar surface area (TPSA) is 98.2 Å². The van der Waals surface area contributed by atoms with Crippen molar-refractivity contribution in [3.63, 3.8) is 0 Å². The molecule has 14 heteroatoms. The van der Waals surface area contributed by atoms with Crippen molar-refractivity contribution in [1.29, 1.82) is 0 Å². The molecule has 0 unspecified atom stereocenters. The minimum absolute atomic E-state index is 0.00311. The highest BCUT2D eigenvalue weighted by molar-refractivity contribution is 7.22. The molecule has 5 aromatic rings. The second-order valence-electron chi connectivity index (χ2n) is 12.0. The lowest BCUT2D eigenvalue weighted by atomic mass is 9.95. The van der Waals surface area contributed by atoms with Crippen LogP contribution in [-0.4, -0.2) is 66.9 Å². The van der Waals surface area contributed by atoms with E-state index in [4.69, 9.17) is 27.1 Å². The molecule has 2 aromatic carbocycles. The van der Waals surface area contributed by atoms with Crippen LogP contribution in [-0.2, 0) is 13.1 Å². The molecule has 228 valence electrons. The molecule has 0 amide bonds. The predicted octanol–water partition coefficient (Wildman–Crippen LogP) is 5.98. The van der Waals surface area contributed by atoms with Gasteiger partial charge in [-0.3, -0.25) is 4.90 Å². The van der Waals surface area contributed by atoms with E-state index in [9.17, 15) is 8.78 Å². The number of alkyl halides is 1. The van der Waals surface area contributed by atoms with Crippen molar-refractivity contribution in [3.8, 4) is 17.1 Å². The summed E-state index contributed by atoms with van der Waals surface area (Å²) in [6.45, 7) is 4.58. The molecular formula is C30H28ClF3N8OS. The van der Waals surface area contributed by atoms with Crippen LogP contribution in [0.15, 0.2) is 30.7 Å². The van der Waals surface area contributed by atoms with Gasteiger partial charge in [0.15, 0.2) is 10.9 Å². The highest BCUT2D eigenvalue weighted by atomic mass is 35.5. The number of thiazole rings is 1. The molecule has 3 atom stereocenters. The molecule has 6 heterocycles. The maximum Gasteiger partial charge on any atom is 0.319 e. The van der Waals surface area contributed by atoms with Crippen molar-refractivity contribution in [2.45, 2.75) is 57.0 Å². The second kappa shape index (κ2) is 10.2. The predicted molar refractivity (Wildman–Crippen MR) is 164 cm³/mol. The van der Waals surface area contributed by atoms with Crippen LogP contribution >= 0.6 is 22.9 Å². The number of ether oxygens (including phenoxy) is 1. The maximum absolute atomic E-state index is 16.8. The van der Waals surface area contributed by atoms with Gasteiger partial charge < -0.3 is 19.9 Å². The molecule has 0 radical (unpaired) electrons. The van der Waals surface area contributed by atoms with Gasteiger partial charge in [-0.15, -0.1) is 0 Å². The van der Waals surface area contributed by atoms with Gasteiger partial charge in [0.2, 0.25) is 0 Å². The Morgan fingerprint density at radius 1 is 1.18 bits per heavy atom. The Morgan fingerprint density at radius 2 is 2.05 bits per heavy atom. The van der Waals surface area contributed by atoms with Gasteiger partial charge in [0.05, 0.1) is 39.3 Å². The van der Waals surface area contributed by atoms with Crippen molar-refractivity contribution in [3.05, 3.63) is 53.1 Å². The summed E-state index contributed by atoms with van der Waals surface area (Å²) < 4.78 is 54.4. The van der Waals surface area contributed by atoms with Crippen LogP contribution in [0.25, 0.3) is 32.2 Å². The minimum atomic E-state index is -0.916. The highest BCUT2D eigenvalue weighted by Crippen LogP contribution is 2.44. The number of fused-ring (bicyclic) bond motifs is 4. The summed E-state index contributed by atoms with van der Waals surface area (Å²) in [6.07, 6.45) is 4.83. The van der Waals surface area contributed by atoms with Gasteiger partial charge in [-0.2, -0.15) is 9.97 Å². The Kier molecular flexibility index (Phi) is 6.44. The third-order valence-corrected chi connectivity index (χ3v) is 10.4. The average molecular weight is 641 g/mol. The Hall–Kier alpha value is -3.68. The van der Waals surface area contributed by atoms with E-state index < -0.39 is 23.3 Å². The molecule has 3 aliphatic heterocycles. The molecule has 0 spiro atoms. The number of rotatable bonds is 5. The fraction of sp³-hybridized carbons (Fsp3) is 0.400. The normalized spacial score (nSPS) is 23.5. The largest absolute Gasteiger partial charge is 0.461 e. The molecule has 9 nitrogen and oxygen atoms in total. The van der Waals surface area contributed by atoms with Gasteiger partial charge in [-0.05, 0) is 44.5 Å². The first-order valence-corrected chi connectivity index (χ1v) is 15.7. The number of benzene rings is 2. The molecular weight excluding hydrogens is 613 g/mol. The number of nitrogens with two attached hydrogens (primary N) is 1. The monoisotopic (exact) mass is 640 g/mol. The fourth-order valence-electron chi connectivity index (χ4n) is 7.17. The quantitative estimate of drug-likeness (QED) is 0.251. The van der Waals surface area contributed by atoms with Gasteiger partial charge in [-0.1, -0.05) is 22.9 Å². The standard InChI is InChI=1S/C30H28ClF3N8OS/c1-15-10-40-14-36-9-17(40)12-42(15)27-19-7-20(31)22(18-3-4-21(33)26-25(18)37-28(35)44-26)23(34)24(19)38-29(39-27)43-13-30-5-2-6-41(30)11-16(32)8-30/h3-4,7,9,14-16H,2,5-6,8,10-13H2,1H3,(H2,35,37)/t15-,16-,30+/m1/s1. The molecule has 44 heavy (non-hydrogen) atoms. The van der Waals surface area contributed by atoms with E-state index in [0.29, 0.717) is 42.8 Å². The summed E-state index contributed by atoms with van der Waals surface area (Å²) in [5, 5.41) is 0.665. The Bertz CT molecular complexity index is 1950. The van der Waals surface area contributed by atoms with Crippen LogP contribution in [0.3, 0.4) is 0 Å². The summed E-state index contributed by atoms with van der Waals surface area (Å²) >= 11 is 7.80. The molecule has 2 saturated heterocycles. The Labute approximate surface area is 259 Å². The number of anilines is 2. The number of imidazole rings is 1. The van der Waals surface area contributed by atoms with Crippen LogP contribution < -0.4 is 15.4 Å². The highest BCUT2D eigenvalue weighted by Gasteiger charge is 2.49. The third-order valence-electron chi connectivity index (χ3n) is 9.25. The molecule has 3 aromatic heterocycles. The summed E-state index contributed by atoms with van der Waals surface area (Å²) in [5.41, 5.74) is 7.02. The summed E-state index contributed by atoms with van der Waals surface area (Å²) in [4.78, 5) is 22.2. The first-order valence-electron chi connectivity index (χ1n) is 14.5. The number of halogens is 4. The van der Waals surface area contributed by atoms with Gasteiger partial charge >= 0.3 is 6.01 Å². The summed E-state index contributed by atoms with van der Waals surface area (Å²) in [6, 6.07) is 4.31. The molecule has 8 rings (SSSR count). The first-order chi connectivity index (χ1) is 21.2. The van der Waals surface area contributed by atoms with Gasteiger partial charge in [0.25, 0.3) is 0 Å². The molecule has 0 bridgehead atoms. The second-order valence-corrected chi connectivity index (χ2v) is 13.4. The smallest absolute Gasteiger partial charge is 0.319 e. The van der Waals surface area contributed by atoms with Gasteiger partial charge in [0.1, 0.15) is 29.9 Å². The minimum Gasteiger partial charge on any atom is -0.461 e. The van der Waals surface area contributed by atoms with Crippen molar-refractivity contribution in [2.24, 2.45) is 0 Å². The van der Waals surface area contributed by atoms with Crippen LogP contribution in [0.2, 0.25) is 5.02 Å². The van der Waals surface area contributed by atoms with E-state index in [0.717, 1.165) is 36.4 Å². The van der Waals surface area contributed by atoms with E-state index >= 15 is 4.39 Å². The van der Waals surface area contributed by atoms with Gasteiger partial charge in [0, 0.05) is 48.3 Å². The van der Waals surface area contributed by atoms with E-state index in [1.54, 1.807) is 18.6 Å². The number of hydrogen-bond acceptors (Lipinski definition) is 9. The lowest BCUT2D eigenvalue weighted by Crippen LogP contribution is -2.44. The summed E-state index contributed by atoms with van der Waals surface area (Å²) in [7, 11) is 0. The van der Waals surface area contributed by atoms with E-state index in [-0.39, 0.29) is 50.1 Å². The van der Waals surface area contributed by atoms with Crippen molar-refractivity contribution in [2.75, 3.05) is 30.3 Å². The van der Waals surface area contributed by atoms with Crippen LogP contribution in [0.5, 0.6) is 6.01 Å². The van der Waals surface area contributed by atoms with E-state index in [2.05, 4.69) is 36.2 Å². The van der Waals surface area contributed by atoms with Gasteiger partial charge in [-0.25, -0.2) is 23.1 Å². The van der Waals surface area contributed by atoms with Crippen LogP contribution in [0.1, 0.15) is 31.9 Å². The Morgan fingerprint density at radius 3 is 2.91 bits per heavy atom. The average Bonchev–Trinajstić information content (AvgIpc) is 3.76. The van der Waals surface area contributed by atoms with E-state index in [1.807, 2.05) is 0 Å². The van der Waals surface area contributed by atoms with Crippen LogP contribution in [0.4, 0.5) is 24.1 Å². The number of hydrogen-bond donors (Lipinski definition) is 1. The number of aromatic nitrogens is 5. The third kappa shape index (κ3) is 4.31. The Balaban J connectivity index is 1.29. The molecule has 2 N–H and O–H groups in total. The zero-order chi connectivity index (χ0) is 30.3. The maximum atomic E-state index is 16.8. The van der Waals surface area contributed by atoms with Crippen molar-refractivity contribution in [1.82, 2.24) is 29.4 Å². The van der Waals surface area contributed by atoms with E-state index in [1.165, 1.54) is 12.1 Å². The number of nitrogens with zero attached hydrogens (tertiary/aromatic N) is 7. The van der Waals surface area contributed by atoms with Crippen LogP contribution in [0, 0.1) is 11.6 Å².